The molecule has 5 nitrogen and oxygen atoms in total. The fraction of sp³-hybridized carbons (Fsp3) is 0.467. The zero-order valence-electron chi connectivity index (χ0n) is 12.2. The maximum Gasteiger partial charge on any atom is 0.240 e. The van der Waals surface area contributed by atoms with Crippen LogP contribution < -0.4 is 10.5 Å². The summed E-state index contributed by atoms with van der Waals surface area (Å²) >= 11 is 6.56. The first-order valence-electron chi connectivity index (χ1n) is 7.08. The lowest BCUT2D eigenvalue weighted by molar-refractivity contribution is 0.379. The zero-order chi connectivity index (χ0) is 15.0. The summed E-state index contributed by atoms with van der Waals surface area (Å²) in [5.41, 5.74) is 9.96. The number of rotatable bonds is 3. The number of fused-ring (bicyclic) bond motifs is 1. The van der Waals surface area contributed by atoms with E-state index in [4.69, 9.17) is 26.6 Å². The van der Waals surface area contributed by atoms with Crippen molar-refractivity contribution in [3.8, 4) is 17.1 Å². The van der Waals surface area contributed by atoms with Crippen LogP contribution in [0.25, 0.3) is 11.4 Å². The van der Waals surface area contributed by atoms with Crippen molar-refractivity contribution >= 4 is 11.6 Å². The highest BCUT2D eigenvalue weighted by atomic mass is 35.5. The molecule has 0 spiro atoms. The lowest BCUT2D eigenvalue weighted by Crippen LogP contribution is -2.09. The Hall–Kier alpha value is -1.59. The topological polar surface area (TPSA) is 74.2 Å². The van der Waals surface area contributed by atoms with E-state index in [-0.39, 0.29) is 6.54 Å². The monoisotopic (exact) mass is 307 g/mol. The number of hydrogen-bond donors (Lipinski definition) is 1. The minimum Gasteiger partial charge on any atom is -0.494 e. The van der Waals surface area contributed by atoms with Gasteiger partial charge in [0, 0.05) is 0 Å². The second kappa shape index (κ2) is 5.66. The van der Waals surface area contributed by atoms with Crippen molar-refractivity contribution in [3.05, 3.63) is 27.6 Å². The number of ether oxygens (including phenoxy) is 1. The van der Waals surface area contributed by atoms with Crippen molar-refractivity contribution in [1.82, 2.24) is 10.1 Å². The van der Waals surface area contributed by atoms with Crippen LogP contribution in [0.3, 0.4) is 0 Å². The molecule has 2 N–H and O–H groups in total. The number of methoxy groups -OCH3 is 1. The third kappa shape index (κ3) is 2.30. The molecular formula is C15H18ClN3O2. The molecule has 1 aliphatic carbocycles. The molecule has 1 aromatic heterocycles. The molecule has 1 heterocycles. The lowest BCUT2D eigenvalue weighted by atomic mass is 9.85. The first-order valence-corrected chi connectivity index (χ1v) is 7.46. The average molecular weight is 308 g/mol. The van der Waals surface area contributed by atoms with Gasteiger partial charge in [0.05, 0.1) is 24.2 Å². The fourth-order valence-corrected chi connectivity index (χ4v) is 3.41. The molecular weight excluding hydrogens is 290 g/mol. The van der Waals surface area contributed by atoms with Crippen LogP contribution in [0.1, 0.15) is 35.4 Å². The van der Waals surface area contributed by atoms with Crippen LogP contribution >= 0.6 is 11.6 Å². The van der Waals surface area contributed by atoms with Crippen molar-refractivity contribution in [1.29, 1.82) is 0 Å². The standard InChI is InChI=1S/C15H18ClN3O2/c1-8-9-5-3-4-6-10(9)13(16)14(20-2)12(8)15-18-11(7-17)21-19-15/h3-7,17H2,1-2H3. The van der Waals surface area contributed by atoms with Gasteiger partial charge < -0.3 is 15.0 Å². The smallest absolute Gasteiger partial charge is 0.240 e. The molecule has 0 aliphatic heterocycles. The quantitative estimate of drug-likeness (QED) is 0.943. The predicted octanol–water partition coefficient (Wildman–Crippen LogP) is 3.04. The van der Waals surface area contributed by atoms with E-state index in [0.29, 0.717) is 22.5 Å². The molecule has 0 fully saturated rings. The van der Waals surface area contributed by atoms with Crippen molar-refractivity contribution in [2.75, 3.05) is 7.11 Å². The number of nitrogens with zero attached hydrogens (tertiary/aromatic N) is 2. The Labute approximate surface area is 128 Å². The highest BCUT2D eigenvalue weighted by Gasteiger charge is 2.26. The van der Waals surface area contributed by atoms with Crippen molar-refractivity contribution < 1.29 is 9.26 Å². The molecule has 6 heteroatoms. The van der Waals surface area contributed by atoms with Gasteiger partial charge in [0.2, 0.25) is 11.7 Å². The Morgan fingerprint density at radius 1 is 1.29 bits per heavy atom. The maximum atomic E-state index is 6.56. The van der Waals surface area contributed by atoms with Gasteiger partial charge in [-0.2, -0.15) is 4.98 Å². The number of hydrogen-bond acceptors (Lipinski definition) is 5. The Kier molecular flexibility index (Phi) is 3.87. The van der Waals surface area contributed by atoms with E-state index in [2.05, 4.69) is 17.1 Å². The van der Waals surface area contributed by atoms with Crippen LogP contribution in [-0.2, 0) is 19.4 Å². The molecule has 21 heavy (non-hydrogen) atoms. The molecule has 0 saturated carbocycles. The number of nitrogens with two attached hydrogens (primary N) is 1. The molecule has 0 radical (unpaired) electrons. The normalized spacial score (nSPS) is 14.1. The maximum absolute atomic E-state index is 6.56. The van der Waals surface area contributed by atoms with Crippen molar-refractivity contribution in [2.24, 2.45) is 5.73 Å². The number of benzene rings is 1. The summed E-state index contributed by atoms with van der Waals surface area (Å²) in [6.45, 7) is 2.28. The first kappa shape index (κ1) is 14.4. The SMILES string of the molecule is COc1c(Cl)c2c(c(C)c1-c1noc(CN)n1)CCCC2. The molecule has 0 atom stereocenters. The average Bonchev–Trinajstić information content (AvgIpc) is 2.99. The van der Waals surface area contributed by atoms with E-state index < -0.39 is 0 Å². The van der Waals surface area contributed by atoms with Crippen LogP contribution in [0, 0.1) is 6.92 Å². The van der Waals surface area contributed by atoms with Gasteiger partial charge in [-0.25, -0.2) is 0 Å². The minimum atomic E-state index is 0.215. The molecule has 112 valence electrons. The minimum absolute atomic E-state index is 0.215. The largest absolute Gasteiger partial charge is 0.494 e. The molecule has 0 amide bonds. The van der Waals surface area contributed by atoms with Gasteiger partial charge in [0.15, 0.2) is 0 Å². The Morgan fingerprint density at radius 3 is 2.62 bits per heavy atom. The van der Waals surface area contributed by atoms with Gasteiger partial charge >= 0.3 is 0 Å². The predicted molar refractivity (Wildman–Crippen MR) is 80.6 cm³/mol. The summed E-state index contributed by atoms with van der Waals surface area (Å²) in [5, 5.41) is 4.69. The van der Waals surface area contributed by atoms with Gasteiger partial charge in [0.25, 0.3) is 0 Å². The lowest BCUT2D eigenvalue weighted by Gasteiger charge is -2.23. The zero-order valence-corrected chi connectivity index (χ0v) is 13.0. The second-order valence-corrected chi connectivity index (χ2v) is 5.61. The Bertz CT molecular complexity index is 682. The van der Waals surface area contributed by atoms with Crippen LogP contribution in [-0.4, -0.2) is 17.3 Å². The summed E-state index contributed by atoms with van der Waals surface area (Å²) in [5.74, 6) is 1.51. The number of halogens is 1. The van der Waals surface area contributed by atoms with E-state index in [1.54, 1.807) is 7.11 Å². The van der Waals surface area contributed by atoms with Gasteiger partial charge in [-0.1, -0.05) is 16.8 Å². The van der Waals surface area contributed by atoms with Gasteiger partial charge in [-0.15, -0.1) is 0 Å². The van der Waals surface area contributed by atoms with E-state index >= 15 is 0 Å². The van der Waals surface area contributed by atoms with Crippen LogP contribution in [0.5, 0.6) is 5.75 Å². The van der Waals surface area contributed by atoms with E-state index in [1.165, 1.54) is 17.5 Å². The van der Waals surface area contributed by atoms with Crippen LogP contribution in [0.2, 0.25) is 5.02 Å². The first-order chi connectivity index (χ1) is 10.2. The van der Waals surface area contributed by atoms with Gasteiger partial charge in [-0.05, 0) is 49.3 Å². The van der Waals surface area contributed by atoms with E-state index in [9.17, 15) is 0 Å². The summed E-state index contributed by atoms with van der Waals surface area (Å²) in [6.07, 6.45) is 4.36. The Balaban J connectivity index is 2.25. The van der Waals surface area contributed by atoms with E-state index in [1.807, 2.05) is 0 Å². The molecule has 3 rings (SSSR count). The number of aromatic nitrogens is 2. The van der Waals surface area contributed by atoms with Crippen molar-refractivity contribution in [3.63, 3.8) is 0 Å². The molecule has 0 saturated heterocycles. The molecule has 1 aromatic carbocycles. The third-order valence-electron chi connectivity index (χ3n) is 4.06. The summed E-state index contributed by atoms with van der Waals surface area (Å²) in [7, 11) is 1.61. The van der Waals surface area contributed by atoms with Crippen LogP contribution in [0.15, 0.2) is 4.52 Å². The van der Waals surface area contributed by atoms with Gasteiger partial charge in [-0.3, -0.25) is 0 Å². The van der Waals surface area contributed by atoms with E-state index in [0.717, 1.165) is 30.4 Å². The fourth-order valence-electron chi connectivity index (χ4n) is 3.03. The third-order valence-corrected chi connectivity index (χ3v) is 4.46. The highest BCUT2D eigenvalue weighted by molar-refractivity contribution is 6.33. The molecule has 1 aliphatic rings. The molecule has 2 aromatic rings. The second-order valence-electron chi connectivity index (χ2n) is 5.23. The summed E-state index contributed by atoms with van der Waals surface area (Å²) in [4.78, 5) is 4.32. The molecule has 0 bridgehead atoms. The van der Waals surface area contributed by atoms with Crippen LogP contribution in [0.4, 0.5) is 0 Å². The summed E-state index contributed by atoms with van der Waals surface area (Å²) < 4.78 is 10.7. The highest BCUT2D eigenvalue weighted by Crippen LogP contribution is 2.44. The Morgan fingerprint density at radius 2 is 2.00 bits per heavy atom. The van der Waals surface area contributed by atoms with Crippen molar-refractivity contribution in [2.45, 2.75) is 39.2 Å². The molecule has 0 unspecified atom stereocenters. The van der Waals surface area contributed by atoms with Gasteiger partial charge in [0.1, 0.15) is 5.75 Å². The summed E-state index contributed by atoms with van der Waals surface area (Å²) in [6, 6.07) is 0.